The van der Waals surface area contributed by atoms with Crippen molar-refractivity contribution in [3.8, 4) is 5.75 Å². The molecular weight excluding hydrogens is 474 g/mol. The van der Waals surface area contributed by atoms with Crippen molar-refractivity contribution < 1.29 is 27.9 Å². The molecule has 2 amide bonds. The molecule has 0 bridgehead atoms. The largest absolute Gasteiger partial charge is 0.497 e. The Bertz CT molecular complexity index is 1060. The lowest BCUT2D eigenvalue weighted by Gasteiger charge is -2.26. The molecule has 9 heteroatoms. The molecule has 1 saturated heterocycles. The van der Waals surface area contributed by atoms with Crippen LogP contribution in [0.25, 0.3) is 0 Å². The molecule has 0 aliphatic carbocycles. The van der Waals surface area contributed by atoms with Crippen LogP contribution in [0.5, 0.6) is 5.75 Å². The van der Waals surface area contributed by atoms with E-state index >= 15 is 0 Å². The van der Waals surface area contributed by atoms with Crippen LogP contribution in [0.15, 0.2) is 42.5 Å². The number of carbonyl (C=O) groups excluding carboxylic acids is 3. The van der Waals surface area contributed by atoms with Gasteiger partial charge >= 0.3 is 0 Å². The maximum Gasteiger partial charge on any atom is 0.223 e. The summed E-state index contributed by atoms with van der Waals surface area (Å²) in [5.41, 5.74) is 1.03. The third-order valence-corrected chi connectivity index (χ3v) is 7.04. The van der Waals surface area contributed by atoms with Gasteiger partial charge in [0.1, 0.15) is 11.8 Å². The molecular formula is C26H30F2N2O4S. The quantitative estimate of drug-likeness (QED) is 0.517. The third-order valence-electron chi connectivity index (χ3n) is 6.02. The van der Waals surface area contributed by atoms with Gasteiger partial charge in [-0.3, -0.25) is 14.4 Å². The number of nitrogens with one attached hydrogen (secondary N) is 1. The normalized spacial score (nSPS) is 16.5. The highest BCUT2D eigenvalue weighted by molar-refractivity contribution is 8.13. The van der Waals surface area contributed by atoms with Crippen LogP contribution in [0.3, 0.4) is 0 Å². The maximum atomic E-state index is 14.1. The molecule has 2 atom stereocenters. The fraction of sp³-hybridized carbons (Fsp3) is 0.423. The van der Waals surface area contributed by atoms with E-state index in [1.54, 1.807) is 7.11 Å². The lowest BCUT2D eigenvalue weighted by atomic mass is 10.0. The molecule has 2 aromatic rings. The summed E-state index contributed by atoms with van der Waals surface area (Å²) >= 11 is 1.13. The zero-order valence-electron chi connectivity index (χ0n) is 20.1. The molecule has 1 heterocycles. The van der Waals surface area contributed by atoms with E-state index < -0.39 is 23.7 Å². The SMILES string of the molecule is COc1ccc(CSC(=O)[C@H](NC(=O)C[C@@H]2CCC(=O)N2Cc2cccc(F)c2F)C(C)C)cc1. The summed E-state index contributed by atoms with van der Waals surface area (Å²) < 4.78 is 32.8. The van der Waals surface area contributed by atoms with Crippen molar-refractivity contribution in [3.63, 3.8) is 0 Å². The van der Waals surface area contributed by atoms with Crippen LogP contribution in [0.1, 0.15) is 44.2 Å². The van der Waals surface area contributed by atoms with E-state index in [2.05, 4.69) is 5.32 Å². The number of hydrogen-bond donors (Lipinski definition) is 1. The van der Waals surface area contributed by atoms with Gasteiger partial charge in [-0.15, -0.1) is 0 Å². The first-order valence-electron chi connectivity index (χ1n) is 11.5. The lowest BCUT2D eigenvalue weighted by molar-refractivity contribution is -0.131. The van der Waals surface area contributed by atoms with Gasteiger partial charge in [0.05, 0.1) is 7.11 Å². The van der Waals surface area contributed by atoms with Crippen molar-refractivity contribution in [1.82, 2.24) is 10.2 Å². The van der Waals surface area contributed by atoms with Crippen LogP contribution in [0, 0.1) is 17.6 Å². The Morgan fingerprint density at radius 3 is 2.54 bits per heavy atom. The van der Waals surface area contributed by atoms with Crippen LogP contribution in [0.4, 0.5) is 8.78 Å². The van der Waals surface area contributed by atoms with E-state index in [0.29, 0.717) is 12.2 Å². The molecule has 1 aliphatic heterocycles. The van der Waals surface area contributed by atoms with Gasteiger partial charge in [-0.05, 0) is 36.1 Å². The Kier molecular flexibility index (Phi) is 9.26. The predicted octanol–water partition coefficient (Wildman–Crippen LogP) is 4.46. The fourth-order valence-corrected chi connectivity index (χ4v) is 5.00. The van der Waals surface area contributed by atoms with E-state index in [1.807, 2.05) is 38.1 Å². The number of thioether (sulfide) groups is 1. The zero-order chi connectivity index (χ0) is 25.5. The van der Waals surface area contributed by atoms with Crippen molar-refractivity contribution in [1.29, 1.82) is 0 Å². The van der Waals surface area contributed by atoms with E-state index in [1.165, 1.54) is 17.0 Å². The van der Waals surface area contributed by atoms with Crippen molar-refractivity contribution in [2.24, 2.45) is 5.92 Å². The smallest absolute Gasteiger partial charge is 0.223 e. The summed E-state index contributed by atoms with van der Waals surface area (Å²) in [7, 11) is 1.59. The zero-order valence-corrected chi connectivity index (χ0v) is 20.9. The Labute approximate surface area is 208 Å². The number of methoxy groups -OCH3 is 1. The number of likely N-dealkylation sites (tertiary alicyclic amines) is 1. The van der Waals surface area contributed by atoms with Crippen molar-refractivity contribution in [2.45, 2.75) is 57.5 Å². The van der Waals surface area contributed by atoms with Crippen LogP contribution < -0.4 is 10.1 Å². The van der Waals surface area contributed by atoms with E-state index in [0.717, 1.165) is 29.1 Å². The second kappa shape index (κ2) is 12.2. The van der Waals surface area contributed by atoms with Gasteiger partial charge in [0, 0.05) is 36.7 Å². The van der Waals surface area contributed by atoms with Gasteiger partial charge < -0.3 is 15.0 Å². The minimum atomic E-state index is -0.991. The fourth-order valence-electron chi connectivity index (χ4n) is 3.99. The number of nitrogens with zero attached hydrogens (tertiary/aromatic N) is 1. The highest BCUT2D eigenvalue weighted by Crippen LogP contribution is 2.26. The van der Waals surface area contributed by atoms with Crippen molar-refractivity contribution in [2.75, 3.05) is 7.11 Å². The van der Waals surface area contributed by atoms with Gasteiger partial charge in [-0.25, -0.2) is 8.78 Å². The van der Waals surface area contributed by atoms with Gasteiger partial charge in [0.2, 0.25) is 16.9 Å². The van der Waals surface area contributed by atoms with Crippen molar-refractivity contribution >= 4 is 28.7 Å². The average Bonchev–Trinajstić information content (AvgIpc) is 3.17. The summed E-state index contributed by atoms with van der Waals surface area (Å²) in [6, 6.07) is 10.1. The van der Waals surface area contributed by atoms with Gasteiger partial charge in [0.25, 0.3) is 0 Å². The highest BCUT2D eigenvalue weighted by atomic mass is 32.2. The number of benzene rings is 2. The van der Waals surface area contributed by atoms with Crippen LogP contribution in [-0.4, -0.2) is 41.0 Å². The Morgan fingerprint density at radius 2 is 1.89 bits per heavy atom. The summed E-state index contributed by atoms with van der Waals surface area (Å²) in [4.78, 5) is 39.5. The summed E-state index contributed by atoms with van der Waals surface area (Å²) in [5, 5.41) is 2.67. The first kappa shape index (κ1) is 26.7. The Hall–Kier alpha value is -2.94. The molecule has 0 aromatic heterocycles. The minimum Gasteiger partial charge on any atom is -0.497 e. The number of carbonyl (C=O) groups is 3. The molecule has 1 N–H and O–H groups in total. The number of rotatable bonds is 10. The number of hydrogen-bond acceptors (Lipinski definition) is 5. The minimum absolute atomic E-state index is 0.0116. The second-order valence-electron chi connectivity index (χ2n) is 8.88. The van der Waals surface area contributed by atoms with Gasteiger partial charge in [-0.1, -0.05) is 49.9 Å². The molecule has 0 saturated carbocycles. The molecule has 188 valence electrons. The topological polar surface area (TPSA) is 75.7 Å². The highest BCUT2D eigenvalue weighted by Gasteiger charge is 2.34. The summed E-state index contributed by atoms with van der Waals surface area (Å²) in [6.07, 6.45) is 0.664. The maximum absolute atomic E-state index is 14.1. The number of amides is 2. The van der Waals surface area contributed by atoms with Crippen molar-refractivity contribution in [3.05, 3.63) is 65.2 Å². The molecule has 0 radical (unpaired) electrons. The first-order chi connectivity index (χ1) is 16.7. The monoisotopic (exact) mass is 504 g/mol. The standard InChI is InChI=1S/C26H30F2N2O4S/c1-16(2)25(26(33)35-15-17-7-10-20(34-3)11-8-17)29-22(31)13-19-9-12-23(32)30(19)14-18-5-4-6-21(27)24(18)28/h4-8,10-11,16,19,25H,9,12-15H2,1-3H3,(H,29,31)/t19-,25+/m0/s1. The molecule has 0 unspecified atom stereocenters. The van der Waals surface area contributed by atoms with E-state index in [4.69, 9.17) is 4.74 Å². The average molecular weight is 505 g/mol. The lowest BCUT2D eigenvalue weighted by Crippen LogP contribution is -2.45. The predicted molar refractivity (Wildman–Crippen MR) is 131 cm³/mol. The van der Waals surface area contributed by atoms with Crippen LogP contribution in [0.2, 0.25) is 0 Å². The molecule has 0 spiro atoms. The first-order valence-corrected chi connectivity index (χ1v) is 12.5. The van der Waals surface area contributed by atoms with E-state index in [9.17, 15) is 23.2 Å². The third kappa shape index (κ3) is 7.04. The Balaban J connectivity index is 1.58. The van der Waals surface area contributed by atoms with Crippen LogP contribution >= 0.6 is 11.8 Å². The molecule has 1 fully saturated rings. The molecule has 3 rings (SSSR count). The van der Waals surface area contributed by atoms with E-state index in [-0.39, 0.29) is 47.8 Å². The molecule has 6 nitrogen and oxygen atoms in total. The number of halogens is 2. The molecule has 1 aliphatic rings. The van der Waals surface area contributed by atoms with Crippen LogP contribution in [-0.2, 0) is 26.7 Å². The van der Waals surface area contributed by atoms with Gasteiger partial charge in [-0.2, -0.15) is 0 Å². The molecule has 2 aromatic carbocycles. The summed E-state index contributed by atoms with van der Waals surface area (Å²) in [5.74, 6) is -1.46. The second-order valence-corrected chi connectivity index (χ2v) is 9.86. The van der Waals surface area contributed by atoms with Gasteiger partial charge in [0.15, 0.2) is 11.6 Å². The number of ether oxygens (including phenoxy) is 1. The molecule has 35 heavy (non-hydrogen) atoms. The summed E-state index contributed by atoms with van der Waals surface area (Å²) in [6.45, 7) is 3.61. The Morgan fingerprint density at radius 1 is 1.17 bits per heavy atom.